The summed E-state index contributed by atoms with van der Waals surface area (Å²) in [4.78, 5) is 14.1. The molecule has 1 aromatic rings. The molecule has 114 valence electrons. The summed E-state index contributed by atoms with van der Waals surface area (Å²) in [5, 5.41) is 8.89. The molecule has 0 aliphatic carbocycles. The largest absolute Gasteiger partial charge is 0.495 e. The minimum atomic E-state index is -0.0793. The number of hydrogen-bond acceptors (Lipinski definition) is 4. The summed E-state index contributed by atoms with van der Waals surface area (Å²) in [6.45, 7) is 3.35. The zero-order valence-corrected chi connectivity index (χ0v) is 12.6. The van der Waals surface area contributed by atoms with Crippen molar-refractivity contribution in [3.63, 3.8) is 0 Å². The Labute approximate surface area is 125 Å². The van der Waals surface area contributed by atoms with Crippen LogP contribution in [0.15, 0.2) is 18.2 Å². The highest BCUT2D eigenvalue weighted by atomic mass is 16.5. The van der Waals surface area contributed by atoms with Gasteiger partial charge in [-0.15, -0.1) is 0 Å². The molecule has 3 N–H and O–H groups in total. The first-order valence-electron chi connectivity index (χ1n) is 6.95. The Morgan fingerprint density at radius 1 is 1.48 bits per heavy atom. The van der Waals surface area contributed by atoms with Gasteiger partial charge < -0.3 is 20.5 Å². The van der Waals surface area contributed by atoms with Gasteiger partial charge in [-0.3, -0.25) is 4.79 Å². The first-order chi connectivity index (χ1) is 10.2. The number of nitrogens with zero attached hydrogens (tertiary/aromatic N) is 1. The molecule has 0 atom stereocenters. The molecule has 0 bridgehead atoms. The van der Waals surface area contributed by atoms with E-state index in [2.05, 4.69) is 11.8 Å². The van der Waals surface area contributed by atoms with Crippen LogP contribution in [0.2, 0.25) is 0 Å². The maximum absolute atomic E-state index is 12.4. The molecule has 0 aliphatic heterocycles. The number of amides is 1. The Morgan fingerprint density at radius 3 is 2.81 bits per heavy atom. The van der Waals surface area contributed by atoms with Crippen molar-refractivity contribution in [2.75, 3.05) is 33.4 Å². The molecular formula is C16H22N2O3. The van der Waals surface area contributed by atoms with Crippen molar-refractivity contribution in [3.05, 3.63) is 29.3 Å². The van der Waals surface area contributed by atoms with Crippen LogP contribution in [0.25, 0.3) is 0 Å². The van der Waals surface area contributed by atoms with Crippen LogP contribution in [-0.4, -0.2) is 49.3 Å². The van der Waals surface area contributed by atoms with Gasteiger partial charge in [0, 0.05) is 25.3 Å². The minimum Gasteiger partial charge on any atom is -0.495 e. The fourth-order valence-corrected chi connectivity index (χ4v) is 1.93. The van der Waals surface area contributed by atoms with Crippen LogP contribution in [0.5, 0.6) is 5.75 Å². The summed E-state index contributed by atoms with van der Waals surface area (Å²) in [5.41, 5.74) is 6.58. The Bertz CT molecular complexity index is 532. The van der Waals surface area contributed by atoms with Gasteiger partial charge >= 0.3 is 0 Å². The molecule has 1 amide bonds. The summed E-state index contributed by atoms with van der Waals surface area (Å²) in [6.07, 6.45) is 0.565. The third-order valence-corrected chi connectivity index (χ3v) is 3.03. The molecule has 0 unspecified atom stereocenters. The molecule has 0 aromatic heterocycles. The fourth-order valence-electron chi connectivity index (χ4n) is 1.93. The Hall–Kier alpha value is -2.03. The third-order valence-electron chi connectivity index (χ3n) is 3.03. The first-order valence-corrected chi connectivity index (χ1v) is 6.95. The summed E-state index contributed by atoms with van der Waals surface area (Å²) >= 11 is 0. The van der Waals surface area contributed by atoms with Crippen LogP contribution < -0.4 is 10.5 Å². The molecule has 0 aliphatic rings. The number of aliphatic hydroxyl groups excluding tert-OH is 1. The average Bonchev–Trinajstić information content (AvgIpc) is 2.53. The number of rotatable bonds is 6. The normalized spacial score (nSPS) is 9.71. The lowest BCUT2D eigenvalue weighted by atomic mass is 10.1. The summed E-state index contributed by atoms with van der Waals surface area (Å²) in [5.74, 6) is 6.21. The van der Waals surface area contributed by atoms with Gasteiger partial charge in [0.1, 0.15) is 5.75 Å². The molecule has 0 radical (unpaired) electrons. The fraction of sp³-hybridized carbons (Fsp3) is 0.438. The van der Waals surface area contributed by atoms with Crippen molar-refractivity contribution in [2.45, 2.75) is 13.3 Å². The van der Waals surface area contributed by atoms with Crippen molar-refractivity contribution < 1.29 is 14.6 Å². The highest BCUT2D eigenvalue weighted by Crippen LogP contribution is 2.20. The molecule has 0 saturated heterocycles. The minimum absolute atomic E-state index is 0.0691. The summed E-state index contributed by atoms with van der Waals surface area (Å²) in [6, 6.07) is 5.16. The van der Waals surface area contributed by atoms with Crippen molar-refractivity contribution in [2.24, 2.45) is 5.73 Å². The standard InChI is InChI=1S/C16H22N2O3/c1-3-18(10-5-11-19)16(20)14-7-8-15(21-2)13(12-14)6-4-9-17/h7-8,12,19H,3,5,9-11,17H2,1-2H3. The average molecular weight is 290 g/mol. The second kappa shape index (κ2) is 9.01. The van der Waals surface area contributed by atoms with Gasteiger partial charge in [0.15, 0.2) is 0 Å². The molecule has 5 heteroatoms. The Kier molecular flexibility index (Phi) is 7.30. The number of hydrogen-bond donors (Lipinski definition) is 2. The SMILES string of the molecule is CCN(CCCO)C(=O)c1ccc(OC)c(C#CCN)c1. The van der Waals surface area contributed by atoms with E-state index in [4.69, 9.17) is 15.6 Å². The van der Waals surface area contributed by atoms with E-state index < -0.39 is 0 Å². The Balaban J connectivity index is 3.03. The predicted molar refractivity (Wildman–Crippen MR) is 82.2 cm³/mol. The number of aliphatic hydroxyl groups is 1. The number of nitrogens with two attached hydrogens (primary N) is 1. The number of ether oxygens (including phenoxy) is 1. The van der Waals surface area contributed by atoms with Gasteiger partial charge in [-0.2, -0.15) is 0 Å². The van der Waals surface area contributed by atoms with Gasteiger partial charge in [-0.1, -0.05) is 11.8 Å². The smallest absolute Gasteiger partial charge is 0.253 e. The van der Waals surface area contributed by atoms with Gasteiger partial charge in [0.2, 0.25) is 0 Å². The second-order valence-corrected chi connectivity index (χ2v) is 4.38. The van der Waals surface area contributed by atoms with Crippen molar-refractivity contribution in [3.8, 4) is 17.6 Å². The molecule has 21 heavy (non-hydrogen) atoms. The lowest BCUT2D eigenvalue weighted by molar-refractivity contribution is 0.0754. The number of methoxy groups -OCH3 is 1. The Morgan fingerprint density at radius 2 is 2.24 bits per heavy atom. The summed E-state index contributed by atoms with van der Waals surface area (Å²) < 4.78 is 5.23. The van der Waals surface area contributed by atoms with E-state index in [1.165, 1.54) is 0 Å². The maximum Gasteiger partial charge on any atom is 0.253 e. The quantitative estimate of drug-likeness (QED) is 0.762. The van der Waals surface area contributed by atoms with E-state index in [0.29, 0.717) is 36.4 Å². The third kappa shape index (κ3) is 4.78. The van der Waals surface area contributed by atoms with Gasteiger partial charge in [-0.05, 0) is 31.5 Å². The molecule has 0 heterocycles. The topological polar surface area (TPSA) is 75.8 Å². The second-order valence-electron chi connectivity index (χ2n) is 4.38. The molecule has 1 aromatic carbocycles. The van der Waals surface area contributed by atoms with Crippen molar-refractivity contribution in [1.82, 2.24) is 4.90 Å². The summed E-state index contributed by atoms with van der Waals surface area (Å²) in [7, 11) is 1.56. The zero-order chi connectivity index (χ0) is 15.7. The van der Waals surface area contributed by atoms with Crippen LogP contribution in [0, 0.1) is 11.8 Å². The monoisotopic (exact) mass is 290 g/mol. The molecule has 5 nitrogen and oxygen atoms in total. The molecule has 1 rings (SSSR count). The van der Waals surface area contributed by atoms with Crippen LogP contribution in [0.1, 0.15) is 29.3 Å². The van der Waals surface area contributed by atoms with Crippen LogP contribution in [-0.2, 0) is 0 Å². The van der Waals surface area contributed by atoms with Gasteiger partial charge in [0.25, 0.3) is 5.91 Å². The van der Waals surface area contributed by atoms with E-state index >= 15 is 0 Å². The number of carbonyl (C=O) groups is 1. The molecule has 0 fully saturated rings. The van der Waals surface area contributed by atoms with Crippen LogP contribution >= 0.6 is 0 Å². The van der Waals surface area contributed by atoms with E-state index in [1.807, 2.05) is 6.92 Å². The predicted octanol–water partition coefficient (Wildman–Crippen LogP) is 0.850. The lowest BCUT2D eigenvalue weighted by Crippen LogP contribution is -2.32. The van der Waals surface area contributed by atoms with E-state index in [9.17, 15) is 4.79 Å². The van der Waals surface area contributed by atoms with E-state index in [-0.39, 0.29) is 19.1 Å². The molecule has 0 spiro atoms. The molecule has 0 saturated carbocycles. The van der Waals surface area contributed by atoms with Gasteiger partial charge in [-0.25, -0.2) is 0 Å². The number of benzene rings is 1. The highest BCUT2D eigenvalue weighted by molar-refractivity contribution is 5.94. The van der Waals surface area contributed by atoms with Gasteiger partial charge in [0.05, 0.1) is 19.2 Å². The van der Waals surface area contributed by atoms with E-state index in [1.54, 1.807) is 30.2 Å². The highest BCUT2D eigenvalue weighted by Gasteiger charge is 2.15. The maximum atomic E-state index is 12.4. The number of carbonyl (C=O) groups excluding carboxylic acids is 1. The van der Waals surface area contributed by atoms with Crippen LogP contribution in [0.3, 0.4) is 0 Å². The lowest BCUT2D eigenvalue weighted by Gasteiger charge is -2.20. The molecular weight excluding hydrogens is 268 g/mol. The van der Waals surface area contributed by atoms with Crippen LogP contribution in [0.4, 0.5) is 0 Å². The van der Waals surface area contributed by atoms with E-state index in [0.717, 1.165) is 0 Å². The van der Waals surface area contributed by atoms with Crippen molar-refractivity contribution in [1.29, 1.82) is 0 Å². The van der Waals surface area contributed by atoms with Crippen molar-refractivity contribution >= 4 is 5.91 Å². The zero-order valence-electron chi connectivity index (χ0n) is 12.6. The first kappa shape index (κ1) is 17.0.